The van der Waals surface area contributed by atoms with E-state index in [1.54, 1.807) is 0 Å². The zero-order valence-corrected chi connectivity index (χ0v) is 37.2. The van der Waals surface area contributed by atoms with Gasteiger partial charge >= 0.3 is 0 Å². The zero-order chi connectivity index (χ0) is 44.7. The van der Waals surface area contributed by atoms with Gasteiger partial charge in [-0.3, -0.25) is 0 Å². The smallest absolute Gasteiger partial charge is 0.000740 e. The minimum atomic E-state index is 1.21. The normalized spacial score (nSPS) is 11.8. The van der Waals surface area contributed by atoms with Crippen LogP contribution in [0, 0.1) is 0 Å². The van der Waals surface area contributed by atoms with Gasteiger partial charge in [-0.05, 0) is 148 Å². The first-order chi connectivity index (χ1) is 33.8. The van der Waals surface area contributed by atoms with Crippen molar-refractivity contribution in [2.45, 2.75) is 0 Å². The molecular formula is C68H42. The first-order valence-electron chi connectivity index (χ1n) is 23.7. The fourth-order valence-corrected chi connectivity index (χ4v) is 11.8. The van der Waals surface area contributed by atoms with Crippen molar-refractivity contribution in [2.75, 3.05) is 0 Å². The van der Waals surface area contributed by atoms with Gasteiger partial charge in [0.2, 0.25) is 0 Å². The Morgan fingerprint density at radius 3 is 1.06 bits per heavy atom. The second-order valence-electron chi connectivity index (χ2n) is 18.2. The molecule has 0 heteroatoms. The van der Waals surface area contributed by atoms with Crippen molar-refractivity contribution in [3.05, 3.63) is 255 Å². The Kier molecular flexibility index (Phi) is 8.69. The molecule has 0 saturated heterocycles. The number of hydrogen-bond donors (Lipinski definition) is 0. The van der Waals surface area contributed by atoms with E-state index in [0.717, 1.165) is 0 Å². The van der Waals surface area contributed by atoms with E-state index in [1.807, 2.05) is 0 Å². The third-order valence-corrected chi connectivity index (χ3v) is 14.6. The Bertz CT molecular complexity index is 4280. The van der Waals surface area contributed by atoms with E-state index in [4.69, 9.17) is 0 Å². The molecule has 0 aliphatic heterocycles. The summed E-state index contributed by atoms with van der Waals surface area (Å²) < 4.78 is 0. The van der Waals surface area contributed by atoms with Crippen LogP contribution in [0.4, 0.5) is 0 Å². The highest BCUT2D eigenvalue weighted by Crippen LogP contribution is 2.53. The molecular weight excluding hydrogens is 817 g/mol. The molecule has 0 saturated carbocycles. The van der Waals surface area contributed by atoms with E-state index >= 15 is 0 Å². The van der Waals surface area contributed by atoms with E-state index in [9.17, 15) is 0 Å². The monoisotopic (exact) mass is 858 g/mol. The van der Waals surface area contributed by atoms with Gasteiger partial charge in [0.25, 0.3) is 0 Å². The topological polar surface area (TPSA) is 0 Å². The van der Waals surface area contributed by atoms with E-state index in [1.165, 1.54) is 142 Å². The molecule has 68 heavy (non-hydrogen) atoms. The molecule has 0 N–H and O–H groups in total. The summed E-state index contributed by atoms with van der Waals surface area (Å²) in [6, 6.07) is 94.5. The lowest BCUT2D eigenvalue weighted by atomic mass is 9.79. The van der Waals surface area contributed by atoms with Gasteiger partial charge in [-0.1, -0.05) is 249 Å². The van der Waals surface area contributed by atoms with Gasteiger partial charge in [-0.2, -0.15) is 0 Å². The van der Waals surface area contributed by atoms with Crippen LogP contribution < -0.4 is 0 Å². The zero-order valence-electron chi connectivity index (χ0n) is 37.2. The first kappa shape index (κ1) is 38.4. The largest absolute Gasteiger partial charge is 0.0622 e. The molecule has 0 aliphatic carbocycles. The molecule has 0 aromatic heterocycles. The number of rotatable bonds is 6. The van der Waals surface area contributed by atoms with Crippen LogP contribution in [0.25, 0.3) is 142 Å². The lowest BCUT2D eigenvalue weighted by Gasteiger charge is -2.24. The van der Waals surface area contributed by atoms with Crippen molar-refractivity contribution in [1.82, 2.24) is 0 Å². The Morgan fingerprint density at radius 1 is 0.147 bits per heavy atom. The third kappa shape index (κ3) is 5.74. The summed E-state index contributed by atoms with van der Waals surface area (Å²) >= 11 is 0. The van der Waals surface area contributed by atoms with Gasteiger partial charge in [0.15, 0.2) is 0 Å². The predicted molar refractivity (Wildman–Crippen MR) is 293 cm³/mol. The van der Waals surface area contributed by atoms with Crippen LogP contribution >= 0.6 is 0 Å². The van der Waals surface area contributed by atoms with E-state index in [-0.39, 0.29) is 0 Å². The van der Waals surface area contributed by atoms with Gasteiger partial charge in [-0.25, -0.2) is 0 Å². The fraction of sp³-hybridized carbons (Fsp3) is 0. The maximum Gasteiger partial charge on any atom is -0.000740 e. The number of benzene rings is 14. The summed E-state index contributed by atoms with van der Waals surface area (Å²) in [4.78, 5) is 0. The molecule has 14 aromatic carbocycles. The Balaban J connectivity index is 1.08. The van der Waals surface area contributed by atoms with Crippen LogP contribution in [0.15, 0.2) is 255 Å². The molecule has 0 amide bonds. The molecule has 14 rings (SSSR count). The summed E-state index contributed by atoms with van der Waals surface area (Å²) in [5.41, 5.74) is 14.8. The number of hydrogen-bond acceptors (Lipinski definition) is 0. The summed E-state index contributed by atoms with van der Waals surface area (Å²) in [5, 5.41) is 18.0. The van der Waals surface area contributed by atoms with Crippen molar-refractivity contribution in [3.8, 4) is 66.8 Å². The van der Waals surface area contributed by atoms with Crippen LogP contribution in [0.5, 0.6) is 0 Å². The predicted octanol–water partition coefficient (Wildman–Crippen LogP) is 19.2. The molecule has 0 aliphatic rings. The van der Waals surface area contributed by atoms with Crippen LogP contribution in [0.2, 0.25) is 0 Å². The highest BCUT2D eigenvalue weighted by molar-refractivity contribution is 6.46. The van der Waals surface area contributed by atoms with Gasteiger partial charge in [0.05, 0.1) is 0 Å². The van der Waals surface area contributed by atoms with Crippen molar-refractivity contribution >= 4 is 75.4 Å². The van der Waals surface area contributed by atoms with Crippen LogP contribution in [0.1, 0.15) is 0 Å². The molecule has 0 nitrogen and oxygen atoms in total. The molecule has 0 bridgehead atoms. The SMILES string of the molecule is c1ccc(-c2ccc(-c3ccccc3)c(-c3ccc(-c4c5ccccc5c5c6c4cccc6c4cccc6c(-c7ccccc7-c7ccccc7)c7ccccc7c5c64)c4ccccc34)c2)cc1. The third-order valence-electron chi connectivity index (χ3n) is 14.6. The lowest BCUT2D eigenvalue weighted by Crippen LogP contribution is -1.96. The van der Waals surface area contributed by atoms with E-state index in [2.05, 4.69) is 255 Å². The molecule has 0 spiro atoms. The summed E-state index contributed by atoms with van der Waals surface area (Å²) in [6.45, 7) is 0. The summed E-state index contributed by atoms with van der Waals surface area (Å²) in [6.07, 6.45) is 0. The van der Waals surface area contributed by atoms with Crippen molar-refractivity contribution in [1.29, 1.82) is 0 Å². The maximum absolute atomic E-state index is 2.40. The average Bonchev–Trinajstić information content (AvgIpc) is 3.42. The first-order valence-corrected chi connectivity index (χ1v) is 23.7. The van der Waals surface area contributed by atoms with Crippen LogP contribution in [-0.4, -0.2) is 0 Å². The van der Waals surface area contributed by atoms with E-state index in [0.29, 0.717) is 0 Å². The molecule has 0 heterocycles. The van der Waals surface area contributed by atoms with Crippen molar-refractivity contribution in [3.63, 3.8) is 0 Å². The highest BCUT2D eigenvalue weighted by atomic mass is 14.3. The molecule has 314 valence electrons. The number of fused-ring (bicyclic) bond motifs is 7. The maximum atomic E-state index is 2.40. The molecule has 0 atom stereocenters. The molecule has 14 aromatic rings. The quantitative estimate of drug-likeness (QED) is 0.115. The standard InChI is InChI=1S/C68H42/c1-4-20-43(21-5-1)46-38-39-48(45-24-8-3-9-25-45)62(42-46)51-40-41-59(50-28-12-11-27-49(50)51)64-54-31-15-17-33-58(54)68-66-56(35-19-37-61(64)66)55-34-18-36-60-63(53-30-14-16-32-57(53)67(68)65(55)60)52-29-13-10-26-47(52)44-22-6-2-7-23-44/h1-42H. The van der Waals surface area contributed by atoms with Crippen LogP contribution in [0.3, 0.4) is 0 Å². The average molecular weight is 859 g/mol. The second-order valence-corrected chi connectivity index (χ2v) is 18.2. The summed E-state index contributed by atoms with van der Waals surface area (Å²) in [5.74, 6) is 0. The minimum absolute atomic E-state index is 1.21. The summed E-state index contributed by atoms with van der Waals surface area (Å²) in [7, 11) is 0. The van der Waals surface area contributed by atoms with Gasteiger partial charge in [-0.15, -0.1) is 0 Å². The lowest BCUT2D eigenvalue weighted by molar-refractivity contribution is 1.57. The van der Waals surface area contributed by atoms with Gasteiger partial charge < -0.3 is 0 Å². The second kappa shape index (κ2) is 15.4. The van der Waals surface area contributed by atoms with Gasteiger partial charge in [0, 0.05) is 0 Å². The Hall–Kier alpha value is -8.84. The highest BCUT2D eigenvalue weighted by Gasteiger charge is 2.25. The van der Waals surface area contributed by atoms with Crippen LogP contribution in [-0.2, 0) is 0 Å². The van der Waals surface area contributed by atoms with E-state index < -0.39 is 0 Å². The van der Waals surface area contributed by atoms with Crippen molar-refractivity contribution in [2.24, 2.45) is 0 Å². The van der Waals surface area contributed by atoms with Gasteiger partial charge in [0.1, 0.15) is 0 Å². The fourth-order valence-electron chi connectivity index (χ4n) is 11.8. The molecule has 0 radical (unpaired) electrons. The van der Waals surface area contributed by atoms with Crippen molar-refractivity contribution < 1.29 is 0 Å². The minimum Gasteiger partial charge on any atom is -0.0622 e. The molecule has 0 fully saturated rings. The molecule has 0 unspecified atom stereocenters. The Morgan fingerprint density at radius 2 is 0.500 bits per heavy atom. The Labute approximate surface area is 395 Å².